The minimum absolute atomic E-state index is 0.00402. The van der Waals surface area contributed by atoms with Gasteiger partial charge in [0.1, 0.15) is 5.82 Å². The minimum Gasteiger partial charge on any atom is -0.348 e. The van der Waals surface area contributed by atoms with E-state index in [-0.39, 0.29) is 5.91 Å². The number of aryl methyl sites for hydroxylation is 1. The number of nitrogens with zero attached hydrogens (tertiary/aromatic N) is 3. The van der Waals surface area contributed by atoms with Crippen LogP contribution in [0.1, 0.15) is 38.3 Å². The third-order valence-corrected chi connectivity index (χ3v) is 3.82. The van der Waals surface area contributed by atoms with Gasteiger partial charge in [-0.2, -0.15) is 0 Å². The van der Waals surface area contributed by atoms with Gasteiger partial charge < -0.3 is 15.6 Å². The molecule has 1 aromatic heterocycles. The molecule has 18 heavy (non-hydrogen) atoms. The molecule has 0 aliphatic heterocycles. The average molecular weight is 253 g/mol. The van der Waals surface area contributed by atoms with Gasteiger partial charge in [-0.1, -0.05) is 13.8 Å². The summed E-state index contributed by atoms with van der Waals surface area (Å²) in [5, 5.41) is 10.9. The topological polar surface area (TPSA) is 85.8 Å². The zero-order valence-electron chi connectivity index (χ0n) is 11.7. The average Bonchev–Trinajstić information content (AvgIpc) is 2.70. The molecule has 0 atom stereocenters. The SMILES string of the molecule is CCC(CC)(CN)C(=O)NCc1nnc(C)n1C. The fourth-order valence-corrected chi connectivity index (χ4v) is 1.90. The Morgan fingerprint density at radius 1 is 1.39 bits per heavy atom. The first-order valence-electron chi connectivity index (χ1n) is 6.34. The number of rotatable bonds is 6. The molecule has 0 fully saturated rings. The molecule has 0 spiro atoms. The Hall–Kier alpha value is -1.43. The Morgan fingerprint density at radius 2 is 2.00 bits per heavy atom. The van der Waals surface area contributed by atoms with Crippen molar-refractivity contribution >= 4 is 5.91 Å². The molecule has 1 aromatic rings. The van der Waals surface area contributed by atoms with Crippen molar-refractivity contribution in [2.75, 3.05) is 6.54 Å². The Bertz CT molecular complexity index is 400. The molecule has 0 aromatic carbocycles. The Labute approximate surface area is 108 Å². The van der Waals surface area contributed by atoms with Crippen LogP contribution in [0.25, 0.3) is 0 Å². The van der Waals surface area contributed by atoms with Crippen molar-refractivity contribution in [3.05, 3.63) is 11.6 Å². The maximum absolute atomic E-state index is 12.2. The number of nitrogens with one attached hydrogen (secondary N) is 1. The molecule has 1 amide bonds. The van der Waals surface area contributed by atoms with E-state index in [9.17, 15) is 4.79 Å². The van der Waals surface area contributed by atoms with E-state index in [0.717, 1.165) is 24.5 Å². The van der Waals surface area contributed by atoms with Crippen LogP contribution in [0.15, 0.2) is 0 Å². The zero-order valence-corrected chi connectivity index (χ0v) is 11.7. The number of hydrogen-bond donors (Lipinski definition) is 2. The van der Waals surface area contributed by atoms with E-state index in [0.29, 0.717) is 13.1 Å². The summed E-state index contributed by atoms with van der Waals surface area (Å²) in [4.78, 5) is 12.2. The van der Waals surface area contributed by atoms with Crippen LogP contribution >= 0.6 is 0 Å². The van der Waals surface area contributed by atoms with Crippen LogP contribution in [0.4, 0.5) is 0 Å². The van der Waals surface area contributed by atoms with Gasteiger partial charge in [-0.25, -0.2) is 0 Å². The fourth-order valence-electron chi connectivity index (χ4n) is 1.90. The van der Waals surface area contributed by atoms with E-state index in [1.165, 1.54) is 0 Å². The van der Waals surface area contributed by atoms with Crippen molar-refractivity contribution in [1.29, 1.82) is 0 Å². The van der Waals surface area contributed by atoms with Crippen molar-refractivity contribution in [3.8, 4) is 0 Å². The van der Waals surface area contributed by atoms with E-state index in [1.807, 2.05) is 32.4 Å². The second-order valence-electron chi connectivity index (χ2n) is 4.60. The van der Waals surface area contributed by atoms with Gasteiger partial charge in [0.15, 0.2) is 5.82 Å². The molecule has 6 nitrogen and oxygen atoms in total. The highest BCUT2D eigenvalue weighted by Gasteiger charge is 2.33. The highest BCUT2D eigenvalue weighted by molar-refractivity contribution is 5.82. The van der Waals surface area contributed by atoms with Gasteiger partial charge >= 0.3 is 0 Å². The van der Waals surface area contributed by atoms with Gasteiger partial charge in [-0.3, -0.25) is 4.79 Å². The monoisotopic (exact) mass is 253 g/mol. The summed E-state index contributed by atoms with van der Waals surface area (Å²) < 4.78 is 1.86. The first-order chi connectivity index (χ1) is 8.50. The summed E-state index contributed by atoms with van der Waals surface area (Å²) in [6.45, 7) is 6.60. The normalized spacial score (nSPS) is 11.6. The van der Waals surface area contributed by atoms with Crippen LogP contribution in [0, 0.1) is 12.3 Å². The number of carbonyl (C=O) groups excluding carboxylic acids is 1. The fraction of sp³-hybridized carbons (Fsp3) is 0.750. The molecule has 0 aliphatic carbocycles. The third-order valence-electron chi connectivity index (χ3n) is 3.82. The molecule has 102 valence electrons. The number of nitrogens with two attached hydrogens (primary N) is 1. The lowest BCUT2D eigenvalue weighted by atomic mass is 9.81. The van der Waals surface area contributed by atoms with Crippen LogP contribution < -0.4 is 11.1 Å². The molecule has 1 heterocycles. The van der Waals surface area contributed by atoms with Crippen molar-refractivity contribution in [2.45, 2.75) is 40.2 Å². The smallest absolute Gasteiger partial charge is 0.227 e. The van der Waals surface area contributed by atoms with E-state index >= 15 is 0 Å². The molecule has 0 aliphatic rings. The molecule has 0 unspecified atom stereocenters. The van der Waals surface area contributed by atoms with E-state index < -0.39 is 5.41 Å². The summed E-state index contributed by atoms with van der Waals surface area (Å²) >= 11 is 0. The first-order valence-corrected chi connectivity index (χ1v) is 6.34. The van der Waals surface area contributed by atoms with Gasteiger partial charge in [0, 0.05) is 13.6 Å². The minimum atomic E-state index is -0.465. The zero-order chi connectivity index (χ0) is 13.8. The van der Waals surface area contributed by atoms with E-state index in [4.69, 9.17) is 5.73 Å². The number of hydrogen-bond acceptors (Lipinski definition) is 4. The molecule has 1 rings (SSSR count). The maximum atomic E-state index is 12.2. The molecule has 0 saturated carbocycles. The van der Waals surface area contributed by atoms with Crippen LogP contribution in [0.5, 0.6) is 0 Å². The third kappa shape index (κ3) is 2.69. The van der Waals surface area contributed by atoms with Gasteiger partial charge in [-0.15, -0.1) is 10.2 Å². The second kappa shape index (κ2) is 5.95. The summed E-state index contributed by atoms with van der Waals surface area (Å²) in [6.07, 6.45) is 1.48. The Morgan fingerprint density at radius 3 is 2.39 bits per heavy atom. The van der Waals surface area contributed by atoms with Gasteiger partial charge in [0.05, 0.1) is 12.0 Å². The van der Waals surface area contributed by atoms with E-state index in [1.54, 1.807) is 0 Å². The first kappa shape index (κ1) is 14.6. The van der Waals surface area contributed by atoms with Crippen molar-refractivity contribution in [1.82, 2.24) is 20.1 Å². The highest BCUT2D eigenvalue weighted by atomic mass is 16.2. The molecular weight excluding hydrogens is 230 g/mol. The molecule has 0 saturated heterocycles. The summed E-state index contributed by atoms with van der Waals surface area (Å²) in [6, 6.07) is 0. The second-order valence-corrected chi connectivity index (χ2v) is 4.60. The van der Waals surface area contributed by atoms with Crippen LogP contribution in [0.2, 0.25) is 0 Å². The number of carbonyl (C=O) groups is 1. The largest absolute Gasteiger partial charge is 0.348 e. The predicted molar refractivity (Wildman–Crippen MR) is 69.7 cm³/mol. The number of aromatic nitrogens is 3. The lowest BCUT2D eigenvalue weighted by Crippen LogP contribution is -2.45. The van der Waals surface area contributed by atoms with Crippen LogP contribution in [0.3, 0.4) is 0 Å². The molecule has 3 N–H and O–H groups in total. The molecule has 6 heteroatoms. The van der Waals surface area contributed by atoms with Gasteiger partial charge in [-0.05, 0) is 19.8 Å². The standard InChI is InChI=1S/C12H23N5O/c1-5-12(6-2,8-13)11(18)14-7-10-16-15-9(3)17(10)4/h5-8,13H2,1-4H3,(H,14,18). The molecular formula is C12H23N5O. The quantitative estimate of drug-likeness (QED) is 0.773. The maximum Gasteiger partial charge on any atom is 0.227 e. The van der Waals surface area contributed by atoms with Crippen molar-refractivity contribution in [2.24, 2.45) is 18.2 Å². The van der Waals surface area contributed by atoms with Gasteiger partial charge in [0.2, 0.25) is 5.91 Å². The summed E-state index contributed by atoms with van der Waals surface area (Å²) in [5.41, 5.74) is 5.27. The van der Waals surface area contributed by atoms with E-state index in [2.05, 4.69) is 15.5 Å². The molecule has 0 bridgehead atoms. The lowest BCUT2D eigenvalue weighted by Gasteiger charge is -2.28. The van der Waals surface area contributed by atoms with Gasteiger partial charge in [0.25, 0.3) is 0 Å². The summed E-state index contributed by atoms with van der Waals surface area (Å²) in [5.74, 6) is 1.57. The van der Waals surface area contributed by atoms with Crippen molar-refractivity contribution in [3.63, 3.8) is 0 Å². The predicted octanol–water partition coefficient (Wildman–Crippen LogP) is 0.505. The highest BCUT2D eigenvalue weighted by Crippen LogP contribution is 2.24. The Balaban J connectivity index is 2.68. The van der Waals surface area contributed by atoms with Crippen LogP contribution in [-0.2, 0) is 18.4 Å². The van der Waals surface area contributed by atoms with Crippen LogP contribution in [-0.4, -0.2) is 27.2 Å². The Kier molecular flexibility index (Phi) is 4.84. The number of amides is 1. The lowest BCUT2D eigenvalue weighted by molar-refractivity contribution is -0.131. The molecule has 0 radical (unpaired) electrons. The van der Waals surface area contributed by atoms with Crippen molar-refractivity contribution < 1.29 is 4.79 Å². The summed E-state index contributed by atoms with van der Waals surface area (Å²) in [7, 11) is 1.88.